The van der Waals surface area contributed by atoms with Gasteiger partial charge in [0.2, 0.25) is 17.7 Å². The van der Waals surface area contributed by atoms with Crippen LogP contribution in [0, 0.1) is 11.8 Å². The van der Waals surface area contributed by atoms with Gasteiger partial charge in [-0.1, -0.05) is 0 Å². The molecule has 2 aliphatic heterocycles. The number of carbonyl (C=O) groups excluding carboxylic acids is 6. The molecular formula is C28H46N8O7. The predicted molar refractivity (Wildman–Crippen MR) is 156 cm³/mol. The van der Waals surface area contributed by atoms with Crippen molar-refractivity contribution in [1.29, 1.82) is 0 Å². The number of rotatable bonds is 9. The topological polar surface area (TPSA) is 205 Å². The molecule has 3 fully saturated rings. The summed E-state index contributed by atoms with van der Waals surface area (Å²) in [5.74, 6) is -1.69. The van der Waals surface area contributed by atoms with E-state index < -0.39 is 47.5 Å². The second-order valence-electron chi connectivity index (χ2n) is 12.3. The molecule has 1 aliphatic carbocycles. The van der Waals surface area contributed by atoms with Crippen LogP contribution in [-0.4, -0.2) is 95.7 Å². The molecule has 3 atom stereocenters. The molecule has 0 bridgehead atoms. The number of nitrogens with zero attached hydrogens (tertiary/aromatic N) is 3. The first-order chi connectivity index (χ1) is 20.3. The van der Waals surface area contributed by atoms with E-state index in [9.17, 15) is 28.8 Å². The van der Waals surface area contributed by atoms with Crippen molar-refractivity contribution in [2.24, 2.45) is 22.7 Å². The Bertz CT molecular complexity index is 1080. The maximum absolute atomic E-state index is 13.4. The van der Waals surface area contributed by atoms with Gasteiger partial charge in [-0.25, -0.2) is 15.2 Å². The molecule has 0 aromatic rings. The number of carbonyl (C=O) groups is 6. The lowest BCUT2D eigenvalue weighted by Crippen LogP contribution is -2.63. The van der Waals surface area contributed by atoms with Crippen molar-refractivity contribution in [3.8, 4) is 0 Å². The van der Waals surface area contributed by atoms with Crippen LogP contribution in [0.5, 0.6) is 0 Å². The molecule has 43 heavy (non-hydrogen) atoms. The summed E-state index contributed by atoms with van der Waals surface area (Å²) in [6, 6.07) is -3.45. The fraction of sp³-hybridized carbons (Fsp3) is 0.750. The summed E-state index contributed by atoms with van der Waals surface area (Å²) in [6.07, 6.45) is 5.21. The number of amides is 6. The number of hydrogen-bond acceptors (Lipinski definition) is 9. The Kier molecular flexibility index (Phi) is 11.9. The van der Waals surface area contributed by atoms with E-state index in [4.69, 9.17) is 10.5 Å². The number of ether oxygens (including phenoxy) is 1. The lowest BCUT2D eigenvalue weighted by Gasteiger charge is -2.42. The van der Waals surface area contributed by atoms with Crippen LogP contribution >= 0.6 is 0 Å². The van der Waals surface area contributed by atoms with Crippen LogP contribution in [-0.2, 0) is 28.7 Å². The zero-order valence-electron chi connectivity index (χ0n) is 25.5. The lowest BCUT2D eigenvalue weighted by atomic mass is 9.81. The number of esters is 1. The number of nitrogens with one attached hydrogen (secondary N) is 4. The number of nitrogens with two attached hydrogens (primary N) is 1. The molecule has 6 N–H and O–H groups in total. The zero-order chi connectivity index (χ0) is 31.7. The van der Waals surface area contributed by atoms with Crippen LogP contribution in [0.25, 0.3) is 0 Å². The van der Waals surface area contributed by atoms with Gasteiger partial charge in [-0.05, 0) is 71.6 Å². The molecule has 3 rings (SSSR count). The smallest absolute Gasteiger partial charge is 0.335 e. The summed E-state index contributed by atoms with van der Waals surface area (Å²) < 4.78 is 5.39. The molecule has 2 saturated heterocycles. The van der Waals surface area contributed by atoms with Crippen LogP contribution in [0.2, 0.25) is 0 Å². The van der Waals surface area contributed by atoms with E-state index in [2.05, 4.69) is 26.5 Å². The van der Waals surface area contributed by atoms with Gasteiger partial charge in [0.1, 0.15) is 11.6 Å². The number of hydrazine groups is 1. The minimum absolute atomic E-state index is 0.00294. The van der Waals surface area contributed by atoms with Gasteiger partial charge < -0.3 is 26.4 Å². The number of hydrazone groups is 1. The molecule has 1 saturated carbocycles. The zero-order valence-corrected chi connectivity index (χ0v) is 25.5. The fourth-order valence-electron chi connectivity index (χ4n) is 5.57. The van der Waals surface area contributed by atoms with Crippen molar-refractivity contribution in [3.05, 3.63) is 0 Å². The summed E-state index contributed by atoms with van der Waals surface area (Å²) in [5, 5.41) is 14.5. The minimum atomic E-state index is -1.00. The Balaban J connectivity index is 1.61. The first-order valence-electron chi connectivity index (χ1n) is 15.0. The summed E-state index contributed by atoms with van der Waals surface area (Å²) in [5.41, 5.74) is 7.57. The Labute approximate surface area is 252 Å². The van der Waals surface area contributed by atoms with Crippen LogP contribution in [0.1, 0.15) is 78.6 Å². The van der Waals surface area contributed by atoms with Gasteiger partial charge in [0.15, 0.2) is 0 Å². The quantitative estimate of drug-likeness (QED) is 0.136. The SMILES string of the molecule is CNC(=O)C1CCC(CNC(=O)N/N=C/[C@H](CC(=O)OC(C)(C)C)NC(=O)[C@@H]2CCCN3C(=O)CC[C@H](N)C(=O)N23)CC1. The van der Waals surface area contributed by atoms with E-state index in [1.54, 1.807) is 27.8 Å². The number of urea groups is 1. The van der Waals surface area contributed by atoms with Crippen LogP contribution in [0.15, 0.2) is 5.10 Å². The average Bonchev–Trinajstić information content (AvgIpc) is 3.06. The third kappa shape index (κ3) is 9.90. The Morgan fingerprint density at radius 3 is 2.42 bits per heavy atom. The van der Waals surface area contributed by atoms with E-state index in [-0.39, 0.29) is 42.9 Å². The van der Waals surface area contributed by atoms with Crippen molar-refractivity contribution in [3.63, 3.8) is 0 Å². The van der Waals surface area contributed by atoms with Crippen molar-refractivity contribution >= 4 is 41.8 Å². The number of hydrogen-bond donors (Lipinski definition) is 5. The average molecular weight is 607 g/mol. The van der Waals surface area contributed by atoms with Gasteiger partial charge >= 0.3 is 12.0 Å². The van der Waals surface area contributed by atoms with Gasteiger partial charge in [-0.15, -0.1) is 0 Å². The standard InChI is InChI=1S/C28H46N8O7/c1-28(2,3)43-23(38)14-19(16-32-34-27(42)31-15-17-7-9-18(10-8-17)24(39)30-4)33-25(40)21-6-5-13-35-22(37)12-11-20(29)26(41)36(21)35/h16-21H,5-15,29H2,1-4H3,(H,30,39)(H,33,40)(H2,31,34,42)/b32-16+/t17?,18?,19-,20-,21-/m0/s1. The van der Waals surface area contributed by atoms with E-state index in [0.29, 0.717) is 25.9 Å². The fourth-order valence-corrected chi connectivity index (χ4v) is 5.57. The molecule has 0 aromatic carbocycles. The van der Waals surface area contributed by atoms with Crippen molar-refractivity contribution < 1.29 is 33.5 Å². The van der Waals surface area contributed by atoms with Crippen LogP contribution in [0.4, 0.5) is 4.79 Å². The second kappa shape index (κ2) is 15.1. The van der Waals surface area contributed by atoms with Gasteiger partial charge in [0.05, 0.1) is 18.5 Å². The first-order valence-corrected chi connectivity index (χ1v) is 15.0. The molecule has 0 unspecified atom stereocenters. The molecule has 0 spiro atoms. The van der Waals surface area contributed by atoms with Crippen molar-refractivity contribution in [2.45, 2.75) is 102 Å². The maximum atomic E-state index is 13.4. The molecule has 3 aliphatic rings. The second-order valence-corrected chi connectivity index (χ2v) is 12.3. The Morgan fingerprint density at radius 1 is 1.07 bits per heavy atom. The summed E-state index contributed by atoms with van der Waals surface area (Å²) in [6.45, 7) is 5.86. The lowest BCUT2D eigenvalue weighted by molar-refractivity contribution is -0.175. The predicted octanol–water partition coefficient (Wildman–Crippen LogP) is -0.104. The highest BCUT2D eigenvalue weighted by molar-refractivity contribution is 5.94. The minimum Gasteiger partial charge on any atom is -0.460 e. The molecule has 0 aromatic heterocycles. The van der Waals surface area contributed by atoms with Crippen LogP contribution in [0.3, 0.4) is 0 Å². The van der Waals surface area contributed by atoms with E-state index in [1.807, 2.05) is 0 Å². The summed E-state index contributed by atoms with van der Waals surface area (Å²) in [7, 11) is 1.63. The molecule has 2 heterocycles. The molecule has 15 nitrogen and oxygen atoms in total. The first kappa shape index (κ1) is 33.7. The van der Waals surface area contributed by atoms with Crippen molar-refractivity contribution in [2.75, 3.05) is 20.1 Å². The molecule has 240 valence electrons. The van der Waals surface area contributed by atoms with Crippen molar-refractivity contribution in [1.82, 2.24) is 31.4 Å². The molecule has 6 amide bonds. The summed E-state index contributed by atoms with van der Waals surface area (Å²) in [4.78, 5) is 75.9. The highest BCUT2D eigenvalue weighted by Crippen LogP contribution is 2.28. The van der Waals surface area contributed by atoms with Gasteiger partial charge in [-0.2, -0.15) is 5.10 Å². The molecule has 15 heteroatoms. The van der Waals surface area contributed by atoms with E-state index in [1.165, 1.54) is 11.2 Å². The monoisotopic (exact) mass is 606 g/mol. The Morgan fingerprint density at radius 2 is 1.77 bits per heavy atom. The highest BCUT2D eigenvalue weighted by atomic mass is 16.6. The third-order valence-electron chi connectivity index (χ3n) is 7.78. The number of fused-ring (bicyclic) bond motifs is 1. The maximum Gasteiger partial charge on any atom is 0.335 e. The van der Waals surface area contributed by atoms with Gasteiger partial charge in [0.25, 0.3) is 5.91 Å². The van der Waals surface area contributed by atoms with Crippen LogP contribution < -0.4 is 27.1 Å². The Hall–Kier alpha value is -3.75. The molecular weight excluding hydrogens is 560 g/mol. The van der Waals surface area contributed by atoms with Gasteiger partial charge in [-0.3, -0.25) is 29.0 Å². The van der Waals surface area contributed by atoms with Gasteiger partial charge in [0, 0.05) is 38.7 Å². The molecule has 0 radical (unpaired) electrons. The van der Waals surface area contributed by atoms with E-state index in [0.717, 1.165) is 30.7 Å². The third-order valence-corrected chi connectivity index (χ3v) is 7.78. The highest BCUT2D eigenvalue weighted by Gasteiger charge is 2.43. The normalized spacial score (nSPS) is 25.3. The summed E-state index contributed by atoms with van der Waals surface area (Å²) >= 11 is 0. The van der Waals surface area contributed by atoms with E-state index >= 15 is 0 Å². The largest absolute Gasteiger partial charge is 0.460 e.